The SMILES string of the molecule is COC(=O)C(c1cc2cc(C)ccc2o1)C(C)C. The van der Waals surface area contributed by atoms with E-state index in [1.165, 1.54) is 12.7 Å². The Morgan fingerprint density at radius 2 is 2.00 bits per heavy atom. The molecule has 0 aliphatic rings. The molecule has 0 saturated carbocycles. The Balaban J connectivity index is 2.48. The smallest absolute Gasteiger partial charge is 0.316 e. The molecule has 18 heavy (non-hydrogen) atoms. The number of aryl methyl sites for hydroxylation is 1. The highest BCUT2D eigenvalue weighted by atomic mass is 16.5. The first-order valence-electron chi connectivity index (χ1n) is 6.11. The standard InChI is InChI=1S/C15H18O3/c1-9(2)14(15(16)17-4)13-8-11-7-10(3)5-6-12(11)18-13/h5-9,14H,1-4H3. The zero-order valence-corrected chi connectivity index (χ0v) is 11.2. The van der Waals surface area contributed by atoms with Crippen molar-refractivity contribution in [3.05, 3.63) is 35.6 Å². The molecule has 1 atom stereocenters. The molecule has 96 valence electrons. The van der Waals surface area contributed by atoms with Gasteiger partial charge < -0.3 is 9.15 Å². The van der Waals surface area contributed by atoms with Crippen molar-refractivity contribution < 1.29 is 13.9 Å². The monoisotopic (exact) mass is 246 g/mol. The van der Waals surface area contributed by atoms with Gasteiger partial charge in [0.05, 0.1) is 7.11 Å². The fourth-order valence-electron chi connectivity index (χ4n) is 2.18. The maximum absolute atomic E-state index is 11.8. The summed E-state index contributed by atoms with van der Waals surface area (Å²) in [4.78, 5) is 11.8. The summed E-state index contributed by atoms with van der Waals surface area (Å²) < 4.78 is 10.6. The largest absolute Gasteiger partial charge is 0.468 e. The number of carbonyl (C=O) groups excluding carboxylic acids is 1. The molecule has 0 aliphatic heterocycles. The molecule has 1 heterocycles. The molecule has 3 heteroatoms. The van der Waals surface area contributed by atoms with E-state index in [1.807, 2.05) is 39.0 Å². The molecule has 0 N–H and O–H groups in total. The van der Waals surface area contributed by atoms with Crippen LogP contribution in [0.1, 0.15) is 31.1 Å². The van der Waals surface area contributed by atoms with E-state index in [-0.39, 0.29) is 17.8 Å². The fraction of sp³-hybridized carbons (Fsp3) is 0.400. The lowest BCUT2D eigenvalue weighted by Gasteiger charge is -2.15. The Morgan fingerprint density at radius 1 is 1.28 bits per heavy atom. The summed E-state index contributed by atoms with van der Waals surface area (Å²) in [6, 6.07) is 7.92. The number of benzene rings is 1. The third-order valence-electron chi connectivity index (χ3n) is 3.12. The van der Waals surface area contributed by atoms with E-state index in [9.17, 15) is 4.79 Å². The first kappa shape index (κ1) is 12.7. The van der Waals surface area contributed by atoms with Gasteiger partial charge in [0.15, 0.2) is 0 Å². The number of furan rings is 1. The average Bonchev–Trinajstić information content (AvgIpc) is 2.70. The molecule has 0 spiro atoms. The molecule has 0 fully saturated rings. The maximum Gasteiger partial charge on any atom is 0.316 e. The Morgan fingerprint density at radius 3 is 2.61 bits per heavy atom. The summed E-state index contributed by atoms with van der Waals surface area (Å²) in [5.74, 6) is 0.222. The van der Waals surface area contributed by atoms with Crippen LogP contribution in [0.5, 0.6) is 0 Å². The number of fused-ring (bicyclic) bond motifs is 1. The molecule has 1 aromatic heterocycles. The zero-order valence-electron chi connectivity index (χ0n) is 11.2. The van der Waals surface area contributed by atoms with Crippen LogP contribution in [0.2, 0.25) is 0 Å². The molecule has 0 amide bonds. The zero-order chi connectivity index (χ0) is 13.3. The summed E-state index contributed by atoms with van der Waals surface area (Å²) in [6.07, 6.45) is 0. The Hall–Kier alpha value is -1.77. The van der Waals surface area contributed by atoms with Crippen LogP contribution < -0.4 is 0 Å². The topological polar surface area (TPSA) is 39.4 Å². The Kier molecular flexibility index (Phi) is 3.41. The molecule has 1 unspecified atom stereocenters. The van der Waals surface area contributed by atoms with Crippen molar-refractivity contribution in [3.63, 3.8) is 0 Å². The predicted octanol–water partition coefficient (Wildman–Crippen LogP) is 3.65. The second-order valence-electron chi connectivity index (χ2n) is 4.93. The summed E-state index contributed by atoms with van der Waals surface area (Å²) in [5, 5.41) is 1.03. The Labute approximate surface area is 107 Å². The average molecular weight is 246 g/mol. The van der Waals surface area contributed by atoms with Gasteiger partial charge in [-0.2, -0.15) is 0 Å². The van der Waals surface area contributed by atoms with Gasteiger partial charge in [0, 0.05) is 5.39 Å². The second-order valence-corrected chi connectivity index (χ2v) is 4.93. The number of ether oxygens (including phenoxy) is 1. The quantitative estimate of drug-likeness (QED) is 0.776. The normalized spacial score (nSPS) is 12.9. The van der Waals surface area contributed by atoms with Crippen molar-refractivity contribution in [2.45, 2.75) is 26.7 Å². The molecule has 0 radical (unpaired) electrons. The number of hydrogen-bond acceptors (Lipinski definition) is 3. The molecule has 0 aliphatic carbocycles. The second kappa shape index (κ2) is 4.84. The van der Waals surface area contributed by atoms with E-state index in [0.29, 0.717) is 5.76 Å². The number of rotatable bonds is 3. The lowest BCUT2D eigenvalue weighted by Crippen LogP contribution is -2.18. The van der Waals surface area contributed by atoms with Gasteiger partial charge in [-0.1, -0.05) is 25.5 Å². The van der Waals surface area contributed by atoms with Crippen LogP contribution >= 0.6 is 0 Å². The van der Waals surface area contributed by atoms with E-state index in [1.54, 1.807) is 0 Å². The molecular formula is C15H18O3. The molecule has 3 nitrogen and oxygen atoms in total. The van der Waals surface area contributed by atoms with Gasteiger partial charge in [0.25, 0.3) is 0 Å². The molecule has 0 saturated heterocycles. The summed E-state index contributed by atoms with van der Waals surface area (Å²) in [6.45, 7) is 6.01. The van der Waals surface area contributed by atoms with Crippen LogP contribution in [0.25, 0.3) is 11.0 Å². The summed E-state index contributed by atoms with van der Waals surface area (Å²) >= 11 is 0. The van der Waals surface area contributed by atoms with Gasteiger partial charge in [-0.05, 0) is 31.0 Å². The first-order chi connectivity index (χ1) is 8.52. The van der Waals surface area contributed by atoms with Crippen LogP contribution in [0.4, 0.5) is 0 Å². The molecule has 2 rings (SSSR count). The van der Waals surface area contributed by atoms with Crippen molar-refractivity contribution in [3.8, 4) is 0 Å². The number of hydrogen-bond donors (Lipinski definition) is 0. The van der Waals surface area contributed by atoms with Crippen LogP contribution in [0.15, 0.2) is 28.7 Å². The van der Waals surface area contributed by atoms with E-state index >= 15 is 0 Å². The highest BCUT2D eigenvalue weighted by Crippen LogP contribution is 2.31. The maximum atomic E-state index is 11.8. The summed E-state index contributed by atoms with van der Waals surface area (Å²) in [5.41, 5.74) is 1.99. The third kappa shape index (κ3) is 2.26. The molecule has 1 aromatic carbocycles. The van der Waals surface area contributed by atoms with Crippen LogP contribution in [-0.2, 0) is 9.53 Å². The van der Waals surface area contributed by atoms with E-state index < -0.39 is 0 Å². The van der Waals surface area contributed by atoms with Gasteiger partial charge in [0.1, 0.15) is 17.3 Å². The van der Waals surface area contributed by atoms with Crippen molar-refractivity contribution in [2.75, 3.05) is 7.11 Å². The van der Waals surface area contributed by atoms with Crippen molar-refractivity contribution in [1.29, 1.82) is 0 Å². The van der Waals surface area contributed by atoms with Gasteiger partial charge in [-0.3, -0.25) is 4.79 Å². The highest BCUT2D eigenvalue weighted by molar-refractivity contribution is 5.83. The van der Waals surface area contributed by atoms with Crippen molar-refractivity contribution in [2.24, 2.45) is 5.92 Å². The Bertz CT molecular complexity index is 566. The van der Waals surface area contributed by atoms with E-state index in [4.69, 9.17) is 9.15 Å². The van der Waals surface area contributed by atoms with Crippen LogP contribution in [0, 0.1) is 12.8 Å². The van der Waals surface area contributed by atoms with Gasteiger partial charge >= 0.3 is 5.97 Å². The first-order valence-corrected chi connectivity index (χ1v) is 6.11. The molecular weight excluding hydrogens is 228 g/mol. The minimum absolute atomic E-state index is 0.138. The van der Waals surface area contributed by atoms with Gasteiger partial charge in [0.2, 0.25) is 0 Å². The van der Waals surface area contributed by atoms with Gasteiger partial charge in [-0.15, -0.1) is 0 Å². The van der Waals surface area contributed by atoms with E-state index in [0.717, 1.165) is 11.0 Å². The fourth-order valence-corrected chi connectivity index (χ4v) is 2.18. The van der Waals surface area contributed by atoms with Crippen LogP contribution in [0.3, 0.4) is 0 Å². The minimum atomic E-state index is -0.345. The summed E-state index contributed by atoms with van der Waals surface area (Å²) in [7, 11) is 1.41. The lowest BCUT2D eigenvalue weighted by atomic mass is 9.93. The molecule has 2 aromatic rings. The number of esters is 1. The van der Waals surface area contributed by atoms with Crippen LogP contribution in [-0.4, -0.2) is 13.1 Å². The predicted molar refractivity (Wildman–Crippen MR) is 70.5 cm³/mol. The lowest BCUT2D eigenvalue weighted by molar-refractivity contribution is -0.144. The van der Waals surface area contributed by atoms with Gasteiger partial charge in [-0.25, -0.2) is 0 Å². The van der Waals surface area contributed by atoms with Crippen molar-refractivity contribution >= 4 is 16.9 Å². The number of carbonyl (C=O) groups is 1. The highest BCUT2D eigenvalue weighted by Gasteiger charge is 2.28. The third-order valence-corrected chi connectivity index (χ3v) is 3.12. The molecule has 0 bridgehead atoms. The number of methoxy groups -OCH3 is 1. The van der Waals surface area contributed by atoms with Crippen molar-refractivity contribution in [1.82, 2.24) is 0 Å². The minimum Gasteiger partial charge on any atom is -0.468 e. The van der Waals surface area contributed by atoms with E-state index in [2.05, 4.69) is 6.07 Å².